The van der Waals surface area contributed by atoms with E-state index in [1.165, 1.54) is 0 Å². The van der Waals surface area contributed by atoms with Crippen LogP contribution in [0, 0.1) is 0 Å². The molecule has 6 nitrogen and oxygen atoms in total. The van der Waals surface area contributed by atoms with Crippen LogP contribution in [0.5, 0.6) is 34.5 Å². The molecule has 0 heterocycles. The van der Waals surface area contributed by atoms with Gasteiger partial charge in [0.25, 0.3) is 0 Å². The van der Waals surface area contributed by atoms with Crippen LogP contribution in [0.4, 0.5) is 0 Å². The molecule has 0 spiro atoms. The monoisotopic (exact) mass is 1040 g/mol. The Labute approximate surface area is 464 Å². The number of hydrogen-bond acceptors (Lipinski definition) is 6. The van der Waals surface area contributed by atoms with Crippen LogP contribution in [-0.4, -0.2) is 30.6 Å². The van der Waals surface area contributed by atoms with Gasteiger partial charge < -0.3 is 30.6 Å². The summed E-state index contributed by atoms with van der Waals surface area (Å²) in [5.41, 5.74) is 12.5. The third kappa shape index (κ3) is 13.0. The zero-order valence-corrected chi connectivity index (χ0v) is 50.5. The average Bonchev–Trinajstić information content (AvgIpc) is 3.38. The normalized spacial score (nSPS) is 12.9. The first-order valence-corrected chi connectivity index (χ1v) is 28.8. The maximum atomic E-state index is 12.6. The number of phenols is 6. The van der Waals surface area contributed by atoms with Crippen molar-refractivity contribution in [2.75, 3.05) is 0 Å². The molecule has 6 aromatic rings. The van der Waals surface area contributed by atoms with Crippen molar-refractivity contribution in [1.29, 1.82) is 0 Å². The SMILES string of the molecule is CCC(C)(C)c1ccc(O)c(Cc2cc(C(C)(C)CC)cc(Cc3cc(C(C)(C)CC)cc(Cc4cc(C(C)(C)CC)cc(Cc5cc(C(C)(C)CC)cc(Cc6cc(C(C)(C)CC)ccc6O)c5O)c4O)c3O)c2O)c1. The van der Waals surface area contributed by atoms with Gasteiger partial charge in [0.15, 0.2) is 0 Å². The van der Waals surface area contributed by atoms with Crippen LogP contribution in [0.3, 0.4) is 0 Å². The summed E-state index contributed by atoms with van der Waals surface area (Å²) in [5.74, 6) is 0.952. The summed E-state index contributed by atoms with van der Waals surface area (Å²) < 4.78 is 0. The number of phenolic OH excluding ortho intramolecular Hbond substituents is 6. The van der Waals surface area contributed by atoms with Crippen molar-refractivity contribution >= 4 is 0 Å². The highest BCUT2D eigenvalue weighted by molar-refractivity contribution is 5.59. The third-order valence-corrected chi connectivity index (χ3v) is 19.1. The molecular weight excluding hydrogens is 949 g/mol. The zero-order chi connectivity index (χ0) is 57.4. The van der Waals surface area contributed by atoms with E-state index in [4.69, 9.17) is 0 Å². The van der Waals surface area contributed by atoms with Gasteiger partial charge in [-0.05, 0) is 172 Å². The van der Waals surface area contributed by atoms with Crippen molar-refractivity contribution in [2.45, 2.75) is 228 Å². The molecule has 6 rings (SSSR count). The fourth-order valence-corrected chi connectivity index (χ4v) is 10.2. The van der Waals surface area contributed by atoms with E-state index < -0.39 is 0 Å². The van der Waals surface area contributed by atoms with Gasteiger partial charge in [0, 0.05) is 32.1 Å². The standard InChI is InChI=1S/C71H96O6/c1-19-66(7,8)54-25-27-60(72)44(34-54)29-46-36-56(68(11,12)21-3)38-48(62(46)74)31-50-40-58(70(15,16)23-5)42-52(64(50)76)33-53-43-59(71(17,18)24-6)41-51(65(53)77)32-49-39-57(69(13,14)22-4)37-47(63(49)75)30-45-35-55(26-28-61(45)73)67(9,10)20-2/h25-28,34-43,72-77H,19-24,29-33H2,1-18H3. The Kier molecular flexibility index (Phi) is 17.9. The van der Waals surface area contributed by atoms with Crippen molar-refractivity contribution < 1.29 is 30.6 Å². The summed E-state index contributed by atoms with van der Waals surface area (Å²) in [6, 6.07) is 28.4. The molecule has 6 N–H and O–H groups in total. The van der Waals surface area contributed by atoms with E-state index in [1.54, 1.807) is 12.1 Å². The highest BCUT2D eigenvalue weighted by Gasteiger charge is 2.30. The van der Waals surface area contributed by atoms with Gasteiger partial charge in [-0.15, -0.1) is 0 Å². The number of hydrogen-bond donors (Lipinski definition) is 6. The first kappa shape index (κ1) is 60.4. The molecule has 0 amide bonds. The van der Waals surface area contributed by atoms with E-state index in [-0.39, 0.29) is 86.2 Å². The first-order chi connectivity index (χ1) is 35.8. The van der Waals surface area contributed by atoms with Crippen molar-refractivity contribution in [2.24, 2.45) is 0 Å². The number of aromatic hydroxyl groups is 6. The molecule has 0 atom stereocenters. The van der Waals surface area contributed by atoms with Gasteiger partial charge in [0.2, 0.25) is 0 Å². The van der Waals surface area contributed by atoms with Crippen molar-refractivity contribution in [3.63, 3.8) is 0 Å². The maximum absolute atomic E-state index is 12.6. The quantitative estimate of drug-likeness (QED) is 0.0403. The minimum Gasteiger partial charge on any atom is -0.508 e. The van der Waals surface area contributed by atoms with E-state index >= 15 is 0 Å². The molecule has 0 radical (unpaired) electrons. The van der Waals surface area contributed by atoms with Gasteiger partial charge in [-0.25, -0.2) is 0 Å². The van der Waals surface area contributed by atoms with Crippen molar-refractivity contribution in [1.82, 2.24) is 0 Å². The highest BCUT2D eigenvalue weighted by Crippen LogP contribution is 2.45. The van der Waals surface area contributed by atoms with Crippen LogP contribution in [-0.2, 0) is 64.6 Å². The Hall–Kier alpha value is -5.88. The van der Waals surface area contributed by atoms with Crippen molar-refractivity contribution in [3.8, 4) is 34.5 Å². The first-order valence-electron chi connectivity index (χ1n) is 28.8. The summed E-state index contributed by atoms with van der Waals surface area (Å²) in [6.45, 7) is 39.6. The molecule has 0 saturated heterocycles. The maximum Gasteiger partial charge on any atom is 0.122 e. The summed E-state index contributed by atoms with van der Waals surface area (Å²) in [5, 5.41) is 72.4. The largest absolute Gasteiger partial charge is 0.508 e. The molecule has 6 aromatic carbocycles. The fourth-order valence-electron chi connectivity index (χ4n) is 10.2. The van der Waals surface area contributed by atoms with E-state index in [2.05, 4.69) is 185 Å². The average molecular weight is 1050 g/mol. The molecule has 77 heavy (non-hydrogen) atoms. The van der Waals surface area contributed by atoms with E-state index in [1.807, 2.05) is 12.1 Å². The molecule has 0 aliphatic rings. The second-order valence-corrected chi connectivity index (χ2v) is 26.6. The van der Waals surface area contributed by atoms with Crippen LogP contribution in [0.15, 0.2) is 84.9 Å². The Morgan fingerprint density at radius 2 is 0.390 bits per heavy atom. The lowest BCUT2D eigenvalue weighted by molar-refractivity contribution is 0.448. The van der Waals surface area contributed by atoms with E-state index in [0.29, 0.717) is 46.2 Å². The third-order valence-electron chi connectivity index (χ3n) is 19.1. The summed E-state index contributed by atoms with van der Waals surface area (Å²) >= 11 is 0. The van der Waals surface area contributed by atoms with E-state index in [0.717, 1.165) is 94.2 Å². The highest BCUT2D eigenvalue weighted by atomic mass is 16.3. The minimum absolute atomic E-state index is 0.0866. The topological polar surface area (TPSA) is 121 Å². The Morgan fingerprint density at radius 3 is 0.571 bits per heavy atom. The molecule has 6 heteroatoms. The Bertz CT molecular complexity index is 2880. The van der Waals surface area contributed by atoms with Crippen LogP contribution < -0.4 is 0 Å². The van der Waals surface area contributed by atoms with Crippen LogP contribution in [0.25, 0.3) is 0 Å². The molecule has 0 aliphatic carbocycles. The molecule has 0 bridgehead atoms. The van der Waals surface area contributed by atoms with Gasteiger partial charge in [-0.1, -0.05) is 197 Å². The van der Waals surface area contributed by atoms with Crippen molar-refractivity contribution in [3.05, 3.63) is 174 Å². The van der Waals surface area contributed by atoms with E-state index in [9.17, 15) is 30.6 Å². The number of rotatable bonds is 22. The minimum atomic E-state index is -0.263. The van der Waals surface area contributed by atoms with Gasteiger partial charge in [-0.2, -0.15) is 0 Å². The van der Waals surface area contributed by atoms with Gasteiger partial charge in [0.05, 0.1) is 0 Å². The molecule has 0 unspecified atom stereocenters. The van der Waals surface area contributed by atoms with Gasteiger partial charge in [-0.3, -0.25) is 0 Å². The zero-order valence-electron chi connectivity index (χ0n) is 50.5. The van der Waals surface area contributed by atoms with Crippen LogP contribution >= 0.6 is 0 Å². The van der Waals surface area contributed by atoms with Gasteiger partial charge >= 0.3 is 0 Å². The second-order valence-electron chi connectivity index (χ2n) is 26.6. The molecule has 0 saturated carbocycles. The predicted octanol–water partition coefficient (Wildman–Crippen LogP) is 18.0. The fraction of sp³-hybridized carbons (Fsp3) is 0.493. The molecule has 0 aliphatic heterocycles. The van der Waals surface area contributed by atoms with Crippen LogP contribution in [0.1, 0.15) is 252 Å². The molecule has 416 valence electrons. The predicted molar refractivity (Wildman–Crippen MR) is 323 cm³/mol. The summed E-state index contributed by atoms with van der Waals surface area (Å²) in [6.07, 6.45) is 6.76. The Balaban J connectivity index is 1.50. The molecule has 0 fully saturated rings. The van der Waals surface area contributed by atoms with Gasteiger partial charge in [0.1, 0.15) is 34.5 Å². The molecular formula is C71H96O6. The second kappa shape index (κ2) is 22.8. The summed E-state index contributed by atoms with van der Waals surface area (Å²) in [4.78, 5) is 0. The van der Waals surface area contributed by atoms with Crippen LogP contribution in [0.2, 0.25) is 0 Å². The molecule has 0 aromatic heterocycles. The lowest BCUT2D eigenvalue weighted by Crippen LogP contribution is -2.18. The lowest BCUT2D eigenvalue weighted by atomic mass is 9.77. The number of benzene rings is 6. The lowest BCUT2D eigenvalue weighted by Gasteiger charge is -2.28. The Morgan fingerprint density at radius 1 is 0.234 bits per heavy atom. The smallest absolute Gasteiger partial charge is 0.122 e. The summed E-state index contributed by atoms with van der Waals surface area (Å²) in [7, 11) is 0.